The average Bonchev–Trinajstić information content (AvgIpc) is 3.53. The third-order valence-electron chi connectivity index (χ3n) is 6.20. The lowest BCUT2D eigenvalue weighted by molar-refractivity contribution is 0.0727. The van der Waals surface area contributed by atoms with E-state index in [0.29, 0.717) is 25.6 Å². The predicted molar refractivity (Wildman–Crippen MR) is 128 cm³/mol. The third kappa shape index (κ3) is 3.73. The molecule has 1 saturated heterocycles. The van der Waals surface area contributed by atoms with Gasteiger partial charge in [-0.05, 0) is 41.5 Å². The Labute approximate surface area is 191 Å². The van der Waals surface area contributed by atoms with Crippen LogP contribution in [0.5, 0.6) is 0 Å². The van der Waals surface area contributed by atoms with Crippen LogP contribution in [0.4, 0.5) is 17.2 Å². The molecule has 6 rings (SSSR count). The summed E-state index contributed by atoms with van der Waals surface area (Å²) in [4.78, 5) is 15.9. The molecule has 2 aromatic carbocycles. The van der Waals surface area contributed by atoms with E-state index in [1.807, 2.05) is 35.1 Å². The number of aliphatic hydroxyl groups excluding tert-OH is 1. The van der Waals surface area contributed by atoms with E-state index >= 15 is 0 Å². The van der Waals surface area contributed by atoms with E-state index < -0.39 is 0 Å². The van der Waals surface area contributed by atoms with E-state index in [1.54, 1.807) is 6.20 Å². The quantitative estimate of drug-likeness (QED) is 0.495. The lowest BCUT2D eigenvalue weighted by Crippen LogP contribution is -2.47. The molecule has 0 bridgehead atoms. The highest BCUT2D eigenvalue weighted by Gasteiger charge is 2.22. The smallest absolute Gasteiger partial charge is 0.180 e. The molecule has 2 aliphatic rings. The molecule has 0 radical (unpaired) electrons. The lowest BCUT2D eigenvalue weighted by atomic mass is 10.0. The Morgan fingerprint density at radius 3 is 2.94 bits per heavy atom. The minimum Gasteiger partial charge on any atom is -0.394 e. The summed E-state index contributed by atoms with van der Waals surface area (Å²) in [5, 5.41) is 13.1. The fraction of sp³-hybridized carbons (Fsp3) is 0.240. The molecule has 2 N–H and O–H groups in total. The normalized spacial score (nSPS) is 17.5. The Morgan fingerprint density at radius 2 is 2.06 bits per heavy atom. The largest absolute Gasteiger partial charge is 0.394 e. The number of nitrogens with one attached hydrogen (secondary N) is 1. The summed E-state index contributed by atoms with van der Waals surface area (Å²) < 4.78 is 7.48. The number of nitrogens with zero attached hydrogens (tertiary/aromatic N) is 5. The summed E-state index contributed by atoms with van der Waals surface area (Å²) in [6.07, 6.45) is 7.63. The molecule has 4 heterocycles. The van der Waals surface area contributed by atoms with Crippen molar-refractivity contribution in [3.05, 3.63) is 72.2 Å². The molecule has 0 saturated carbocycles. The van der Waals surface area contributed by atoms with E-state index in [1.165, 1.54) is 11.1 Å². The van der Waals surface area contributed by atoms with E-state index in [2.05, 4.69) is 50.5 Å². The van der Waals surface area contributed by atoms with Crippen molar-refractivity contribution < 1.29 is 9.84 Å². The standard InChI is InChI=1S/C25H24N6O2/c32-15-22-16-33-10-9-31(22)21-5-3-20(4-6-21)28-24-25-27-7-8-30(25)14-23(29-24)17-1-2-18-12-26-13-19(18)11-17/h1-8,11-12,14,22,32H,9-10,13,15-16H2,(H,28,29)/t22-/m0/s1. The summed E-state index contributed by atoms with van der Waals surface area (Å²) in [7, 11) is 0. The number of aliphatic imine (C=N–C) groups is 1. The number of morpholine rings is 1. The van der Waals surface area contributed by atoms with Gasteiger partial charge in [-0.15, -0.1) is 0 Å². The molecule has 8 heteroatoms. The predicted octanol–water partition coefficient (Wildman–Crippen LogP) is 3.27. The number of ether oxygens (including phenoxy) is 1. The number of hydrogen-bond acceptors (Lipinski definition) is 7. The number of imidazole rings is 1. The van der Waals surface area contributed by atoms with Gasteiger partial charge in [0, 0.05) is 48.3 Å². The summed E-state index contributed by atoms with van der Waals surface area (Å²) in [5.41, 5.74) is 7.06. The van der Waals surface area contributed by atoms with E-state index in [-0.39, 0.29) is 12.6 Å². The van der Waals surface area contributed by atoms with Crippen molar-refractivity contribution in [1.29, 1.82) is 0 Å². The van der Waals surface area contributed by atoms with Gasteiger partial charge in [-0.1, -0.05) is 12.1 Å². The van der Waals surface area contributed by atoms with Gasteiger partial charge in [0.15, 0.2) is 11.5 Å². The molecule has 2 aromatic heterocycles. The summed E-state index contributed by atoms with van der Waals surface area (Å²) in [6, 6.07) is 14.5. The van der Waals surface area contributed by atoms with Gasteiger partial charge in [-0.2, -0.15) is 0 Å². The van der Waals surface area contributed by atoms with Crippen molar-refractivity contribution in [2.24, 2.45) is 4.99 Å². The summed E-state index contributed by atoms with van der Waals surface area (Å²) in [5.74, 6) is 0.696. The van der Waals surface area contributed by atoms with Crippen LogP contribution < -0.4 is 10.2 Å². The third-order valence-corrected chi connectivity index (χ3v) is 6.20. The van der Waals surface area contributed by atoms with Crippen LogP contribution in [0.15, 0.2) is 66.0 Å². The monoisotopic (exact) mass is 440 g/mol. The van der Waals surface area contributed by atoms with Gasteiger partial charge in [0.1, 0.15) is 0 Å². The van der Waals surface area contributed by atoms with Crippen molar-refractivity contribution >= 4 is 29.1 Å². The second-order valence-electron chi connectivity index (χ2n) is 8.29. The number of hydrogen-bond donors (Lipinski definition) is 2. The van der Waals surface area contributed by atoms with Crippen LogP contribution in [0.2, 0.25) is 0 Å². The zero-order chi connectivity index (χ0) is 22.2. The van der Waals surface area contributed by atoms with Gasteiger partial charge >= 0.3 is 0 Å². The molecule has 166 valence electrons. The molecule has 0 unspecified atom stereocenters. The zero-order valence-corrected chi connectivity index (χ0v) is 18.1. The molecule has 1 atom stereocenters. The number of benzene rings is 2. The van der Waals surface area contributed by atoms with E-state index in [4.69, 9.17) is 9.72 Å². The molecule has 1 fully saturated rings. The van der Waals surface area contributed by atoms with Gasteiger partial charge in [-0.25, -0.2) is 9.97 Å². The maximum atomic E-state index is 9.67. The van der Waals surface area contributed by atoms with Gasteiger partial charge < -0.3 is 24.5 Å². The van der Waals surface area contributed by atoms with Crippen LogP contribution in [-0.4, -0.2) is 58.1 Å². The Hall–Kier alpha value is -3.75. The summed E-state index contributed by atoms with van der Waals surface area (Å²) in [6.45, 7) is 2.76. The first-order chi connectivity index (χ1) is 16.3. The van der Waals surface area contributed by atoms with Crippen molar-refractivity contribution in [2.75, 3.05) is 36.6 Å². The molecule has 8 nitrogen and oxygen atoms in total. The van der Waals surface area contributed by atoms with Gasteiger partial charge in [0.2, 0.25) is 0 Å². The topological polar surface area (TPSA) is 87.3 Å². The Morgan fingerprint density at radius 1 is 1.15 bits per heavy atom. The minimum absolute atomic E-state index is 0.0156. The number of anilines is 3. The second kappa shape index (κ2) is 8.31. The van der Waals surface area contributed by atoms with E-state index in [9.17, 15) is 5.11 Å². The Bertz CT molecular complexity index is 1330. The molecule has 0 aliphatic carbocycles. The molecule has 33 heavy (non-hydrogen) atoms. The number of fused-ring (bicyclic) bond motifs is 2. The van der Waals surface area contributed by atoms with Gasteiger partial charge in [-0.3, -0.25) is 4.99 Å². The maximum absolute atomic E-state index is 9.67. The Balaban J connectivity index is 1.30. The van der Waals surface area contributed by atoms with Crippen LogP contribution in [-0.2, 0) is 11.3 Å². The second-order valence-corrected chi connectivity index (χ2v) is 8.29. The fourth-order valence-corrected chi connectivity index (χ4v) is 4.44. The van der Waals surface area contributed by atoms with Gasteiger partial charge in [0.05, 0.1) is 38.1 Å². The van der Waals surface area contributed by atoms with Crippen molar-refractivity contribution in [3.63, 3.8) is 0 Å². The first-order valence-corrected chi connectivity index (χ1v) is 11.1. The zero-order valence-electron chi connectivity index (χ0n) is 18.1. The first-order valence-electron chi connectivity index (χ1n) is 11.1. The highest BCUT2D eigenvalue weighted by atomic mass is 16.5. The van der Waals surface area contributed by atoms with Crippen molar-refractivity contribution in [2.45, 2.75) is 12.6 Å². The van der Waals surface area contributed by atoms with Crippen LogP contribution in [0, 0.1) is 0 Å². The number of aromatic nitrogens is 3. The molecule has 4 aromatic rings. The highest BCUT2D eigenvalue weighted by Crippen LogP contribution is 2.28. The maximum Gasteiger partial charge on any atom is 0.180 e. The van der Waals surface area contributed by atoms with Crippen molar-refractivity contribution in [3.8, 4) is 11.3 Å². The minimum atomic E-state index is -0.0156. The molecule has 0 amide bonds. The Kier molecular flexibility index (Phi) is 5.01. The molecular formula is C25H24N6O2. The molecule has 2 aliphatic heterocycles. The van der Waals surface area contributed by atoms with Crippen LogP contribution >= 0.6 is 0 Å². The lowest BCUT2D eigenvalue weighted by Gasteiger charge is -2.36. The average molecular weight is 441 g/mol. The van der Waals surface area contributed by atoms with Crippen LogP contribution in [0.25, 0.3) is 16.9 Å². The number of aliphatic hydroxyl groups is 1. The first kappa shape index (κ1) is 19.9. The van der Waals surface area contributed by atoms with Crippen LogP contribution in [0.1, 0.15) is 11.1 Å². The van der Waals surface area contributed by atoms with Gasteiger partial charge in [0.25, 0.3) is 0 Å². The number of rotatable bonds is 5. The van der Waals surface area contributed by atoms with Crippen LogP contribution in [0.3, 0.4) is 0 Å². The SMILES string of the molecule is OC[C@H]1COCCN1c1ccc(Nc2nc(-c3ccc4c(c3)CN=C4)cn3ccnc23)cc1. The fourth-order valence-electron chi connectivity index (χ4n) is 4.44. The molecular weight excluding hydrogens is 416 g/mol. The molecule has 0 spiro atoms. The summed E-state index contributed by atoms with van der Waals surface area (Å²) >= 11 is 0. The van der Waals surface area contributed by atoms with E-state index in [0.717, 1.165) is 34.8 Å². The highest BCUT2D eigenvalue weighted by molar-refractivity contribution is 5.86. The van der Waals surface area contributed by atoms with Crippen molar-refractivity contribution in [1.82, 2.24) is 14.4 Å².